The predicted molar refractivity (Wildman–Crippen MR) is 125 cm³/mol. The molecule has 0 spiro atoms. The molecule has 1 fully saturated rings. The maximum Gasteiger partial charge on any atom is 0.346 e. The number of nitrogens with zero attached hydrogens (tertiary/aromatic N) is 3. The van der Waals surface area contributed by atoms with E-state index < -0.39 is 11.4 Å². The number of benzene rings is 2. The van der Waals surface area contributed by atoms with Gasteiger partial charge in [-0.1, -0.05) is 12.1 Å². The SMILES string of the molecule is CC(C)(C)N1CCN(c2cc(F)c3cc(-c4nc5ccccc5s4)c(=O)oc3c2)CC1. The van der Waals surface area contributed by atoms with E-state index in [2.05, 4.69) is 35.6 Å². The van der Waals surface area contributed by atoms with E-state index in [1.54, 1.807) is 12.1 Å². The van der Waals surface area contributed by atoms with E-state index in [0.717, 1.165) is 42.1 Å². The van der Waals surface area contributed by atoms with Crippen LogP contribution in [0, 0.1) is 5.82 Å². The fraction of sp³-hybridized carbons (Fsp3) is 0.333. The van der Waals surface area contributed by atoms with E-state index in [0.29, 0.717) is 16.0 Å². The van der Waals surface area contributed by atoms with Crippen LogP contribution in [0.5, 0.6) is 0 Å². The van der Waals surface area contributed by atoms with E-state index in [1.165, 1.54) is 17.4 Å². The Bertz CT molecular complexity index is 1300. The average molecular weight is 438 g/mol. The normalized spacial score (nSPS) is 15.8. The summed E-state index contributed by atoms with van der Waals surface area (Å²) in [6, 6.07) is 12.5. The first-order valence-corrected chi connectivity index (χ1v) is 11.2. The lowest BCUT2D eigenvalue weighted by molar-refractivity contribution is 0.128. The van der Waals surface area contributed by atoms with Gasteiger partial charge in [0.05, 0.1) is 21.2 Å². The summed E-state index contributed by atoms with van der Waals surface area (Å²) in [6.45, 7) is 10.0. The molecule has 0 bridgehead atoms. The number of rotatable bonds is 2. The molecule has 0 radical (unpaired) electrons. The van der Waals surface area contributed by atoms with Crippen molar-refractivity contribution in [1.29, 1.82) is 0 Å². The maximum atomic E-state index is 15.1. The van der Waals surface area contributed by atoms with E-state index in [9.17, 15) is 4.79 Å². The van der Waals surface area contributed by atoms with Crippen LogP contribution in [0.25, 0.3) is 31.8 Å². The summed E-state index contributed by atoms with van der Waals surface area (Å²) >= 11 is 1.40. The number of anilines is 1. The fourth-order valence-corrected chi connectivity index (χ4v) is 5.09. The van der Waals surface area contributed by atoms with Crippen molar-refractivity contribution < 1.29 is 8.81 Å². The molecule has 0 atom stereocenters. The number of thiazole rings is 1. The number of fused-ring (bicyclic) bond motifs is 2. The van der Waals surface area contributed by atoms with Gasteiger partial charge in [0.25, 0.3) is 0 Å². The van der Waals surface area contributed by atoms with Crippen LogP contribution in [0.3, 0.4) is 0 Å². The van der Waals surface area contributed by atoms with Crippen molar-refractivity contribution in [2.75, 3.05) is 31.1 Å². The molecule has 7 heteroatoms. The van der Waals surface area contributed by atoms with Crippen LogP contribution in [0.15, 0.2) is 51.7 Å². The summed E-state index contributed by atoms with van der Waals surface area (Å²) in [6.07, 6.45) is 0. The Hall–Kier alpha value is -2.77. The van der Waals surface area contributed by atoms with E-state index >= 15 is 4.39 Å². The van der Waals surface area contributed by atoms with Crippen molar-refractivity contribution in [3.05, 3.63) is 58.7 Å². The van der Waals surface area contributed by atoms with E-state index in [1.807, 2.05) is 24.3 Å². The molecular weight excluding hydrogens is 413 g/mol. The zero-order chi connectivity index (χ0) is 21.8. The first kappa shape index (κ1) is 20.2. The molecule has 1 saturated heterocycles. The monoisotopic (exact) mass is 437 g/mol. The Balaban J connectivity index is 1.50. The molecule has 1 aliphatic heterocycles. The topological polar surface area (TPSA) is 49.6 Å². The van der Waals surface area contributed by atoms with Gasteiger partial charge in [0.2, 0.25) is 0 Å². The predicted octanol–water partition coefficient (Wildman–Crippen LogP) is 5.13. The summed E-state index contributed by atoms with van der Waals surface area (Å²) in [5, 5.41) is 0.838. The first-order valence-electron chi connectivity index (χ1n) is 10.4. The number of aromatic nitrogens is 1. The lowest BCUT2D eigenvalue weighted by Crippen LogP contribution is -2.53. The van der Waals surface area contributed by atoms with Crippen molar-refractivity contribution in [3.63, 3.8) is 0 Å². The largest absolute Gasteiger partial charge is 0.422 e. The average Bonchev–Trinajstić information content (AvgIpc) is 3.16. The van der Waals surface area contributed by atoms with Crippen molar-refractivity contribution >= 4 is 38.2 Å². The molecule has 31 heavy (non-hydrogen) atoms. The molecule has 160 valence electrons. The van der Waals surface area contributed by atoms with Crippen LogP contribution < -0.4 is 10.5 Å². The van der Waals surface area contributed by atoms with Gasteiger partial charge in [0.1, 0.15) is 16.4 Å². The van der Waals surface area contributed by atoms with Crippen molar-refractivity contribution in [2.24, 2.45) is 0 Å². The van der Waals surface area contributed by atoms with Gasteiger partial charge in [-0.15, -0.1) is 11.3 Å². The number of para-hydroxylation sites is 1. The zero-order valence-corrected chi connectivity index (χ0v) is 18.6. The minimum Gasteiger partial charge on any atom is -0.422 e. The Kier molecular flexibility index (Phi) is 4.83. The molecule has 0 saturated carbocycles. The van der Waals surface area contributed by atoms with Gasteiger partial charge in [0, 0.05) is 43.5 Å². The van der Waals surface area contributed by atoms with Crippen LogP contribution in [-0.2, 0) is 0 Å². The highest BCUT2D eigenvalue weighted by Crippen LogP contribution is 2.32. The second-order valence-corrected chi connectivity index (χ2v) is 9.95. The van der Waals surface area contributed by atoms with Crippen molar-refractivity contribution in [1.82, 2.24) is 9.88 Å². The van der Waals surface area contributed by atoms with Crippen LogP contribution >= 0.6 is 11.3 Å². The van der Waals surface area contributed by atoms with Gasteiger partial charge in [-0.3, -0.25) is 4.90 Å². The van der Waals surface area contributed by atoms with Gasteiger partial charge in [-0.05, 0) is 45.0 Å². The third-order valence-corrected chi connectivity index (χ3v) is 6.98. The highest BCUT2D eigenvalue weighted by molar-refractivity contribution is 7.21. The number of hydrogen-bond donors (Lipinski definition) is 0. The molecule has 5 nitrogen and oxygen atoms in total. The van der Waals surface area contributed by atoms with Crippen LogP contribution in [0.2, 0.25) is 0 Å². The fourth-order valence-electron chi connectivity index (χ4n) is 4.12. The Morgan fingerprint density at radius 2 is 1.81 bits per heavy atom. The molecule has 5 rings (SSSR count). The van der Waals surface area contributed by atoms with Crippen LogP contribution in [0.1, 0.15) is 20.8 Å². The lowest BCUT2D eigenvalue weighted by atomic mass is 10.0. The van der Waals surface area contributed by atoms with E-state index in [-0.39, 0.29) is 11.1 Å². The molecule has 0 amide bonds. The smallest absolute Gasteiger partial charge is 0.346 e. The second kappa shape index (κ2) is 7.43. The van der Waals surface area contributed by atoms with Crippen molar-refractivity contribution in [3.8, 4) is 10.6 Å². The molecule has 3 heterocycles. The number of hydrogen-bond acceptors (Lipinski definition) is 6. The quantitative estimate of drug-likeness (QED) is 0.407. The summed E-state index contributed by atoms with van der Waals surface area (Å²) in [5.74, 6) is -0.392. The highest BCUT2D eigenvalue weighted by atomic mass is 32.1. The number of piperazine rings is 1. The van der Waals surface area contributed by atoms with Gasteiger partial charge in [-0.2, -0.15) is 0 Å². The number of halogens is 1. The Labute approximate surface area is 183 Å². The third kappa shape index (κ3) is 3.72. The summed E-state index contributed by atoms with van der Waals surface area (Å²) in [4.78, 5) is 21.8. The first-order chi connectivity index (χ1) is 14.8. The van der Waals surface area contributed by atoms with E-state index in [4.69, 9.17) is 4.42 Å². The summed E-state index contributed by atoms with van der Waals surface area (Å²) < 4.78 is 21.6. The Morgan fingerprint density at radius 1 is 1.06 bits per heavy atom. The molecule has 2 aromatic carbocycles. The zero-order valence-electron chi connectivity index (χ0n) is 17.8. The third-order valence-electron chi connectivity index (χ3n) is 5.91. The molecule has 0 N–H and O–H groups in total. The van der Waals surface area contributed by atoms with Gasteiger partial charge < -0.3 is 9.32 Å². The minimum atomic E-state index is -0.499. The van der Waals surface area contributed by atoms with Crippen LogP contribution in [-0.4, -0.2) is 41.6 Å². The molecule has 1 aliphatic rings. The molecular formula is C24H24FN3O2S. The van der Waals surface area contributed by atoms with Gasteiger partial charge in [-0.25, -0.2) is 14.2 Å². The molecule has 2 aromatic heterocycles. The molecule has 0 unspecified atom stereocenters. The standard InChI is InChI=1S/C24H24FN3O2S/c1-24(2,3)28-10-8-27(9-11-28)15-12-18(25)16-14-17(23(29)30-20(16)13-15)22-26-19-6-4-5-7-21(19)31-22/h4-7,12-14H,8-11H2,1-3H3. The maximum absolute atomic E-state index is 15.1. The van der Waals surface area contributed by atoms with Gasteiger partial charge >= 0.3 is 5.63 Å². The minimum absolute atomic E-state index is 0.116. The molecule has 0 aliphatic carbocycles. The van der Waals surface area contributed by atoms with Crippen LogP contribution in [0.4, 0.5) is 10.1 Å². The van der Waals surface area contributed by atoms with Gasteiger partial charge in [0.15, 0.2) is 0 Å². The second-order valence-electron chi connectivity index (χ2n) is 8.92. The summed E-state index contributed by atoms with van der Waals surface area (Å²) in [5.41, 5.74) is 1.73. The molecule has 4 aromatic rings. The summed E-state index contributed by atoms with van der Waals surface area (Å²) in [7, 11) is 0. The Morgan fingerprint density at radius 3 is 2.52 bits per heavy atom. The lowest BCUT2D eigenvalue weighted by Gasteiger charge is -2.43. The highest BCUT2D eigenvalue weighted by Gasteiger charge is 2.26. The van der Waals surface area contributed by atoms with Crippen molar-refractivity contribution in [2.45, 2.75) is 26.3 Å².